The zero-order valence-electron chi connectivity index (χ0n) is 14.1. The van der Waals surface area contributed by atoms with E-state index in [4.69, 9.17) is 11.6 Å². The van der Waals surface area contributed by atoms with Gasteiger partial charge < -0.3 is 5.32 Å². The molecule has 0 saturated heterocycles. The van der Waals surface area contributed by atoms with E-state index in [0.717, 1.165) is 25.1 Å². The summed E-state index contributed by atoms with van der Waals surface area (Å²) in [5.41, 5.74) is 1.66. The molecule has 2 heterocycles. The second-order valence-electron chi connectivity index (χ2n) is 5.66. The minimum Gasteiger partial charge on any atom is -0.305 e. The van der Waals surface area contributed by atoms with Crippen molar-refractivity contribution < 1.29 is 4.79 Å². The van der Waals surface area contributed by atoms with E-state index in [1.165, 1.54) is 0 Å². The number of benzene rings is 1. The average Bonchev–Trinajstić information content (AvgIpc) is 3.19. The van der Waals surface area contributed by atoms with Gasteiger partial charge in [-0.25, -0.2) is 9.36 Å². The second kappa shape index (κ2) is 7.48. The number of hydrogen-bond donors (Lipinski definition) is 1. The molecule has 0 aliphatic carbocycles. The standard InChI is InChI=1S/C17H19ClN6O/c1-3-4-10-23-15(8-9-19-23)20-17(25)16-12(2)24(22-21-16)14-7-5-6-13(18)11-14/h5-9,11H,3-4,10H2,1-2H3,(H,20,25). The van der Waals surface area contributed by atoms with Gasteiger partial charge in [-0.2, -0.15) is 5.10 Å². The maximum atomic E-state index is 12.6. The zero-order chi connectivity index (χ0) is 17.8. The van der Waals surface area contributed by atoms with E-state index in [9.17, 15) is 4.79 Å². The van der Waals surface area contributed by atoms with Crippen molar-refractivity contribution in [3.8, 4) is 5.69 Å². The summed E-state index contributed by atoms with van der Waals surface area (Å²) in [6.07, 6.45) is 3.72. The first-order chi connectivity index (χ1) is 12.1. The summed E-state index contributed by atoms with van der Waals surface area (Å²) in [5, 5.41) is 15.8. The normalized spacial score (nSPS) is 10.8. The van der Waals surface area contributed by atoms with Crippen molar-refractivity contribution >= 4 is 23.3 Å². The predicted octanol–water partition coefficient (Wildman–Crippen LogP) is 3.48. The maximum absolute atomic E-state index is 12.6. The molecule has 0 bridgehead atoms. The highest BCUT2D eigenvalue weighted by atomic mass is 35.5. The molecule has 0 spiro atoms. The molecule has 3 aromatic rings. The van der Waals surface area contributed by atoms with Gasteiger partial charge in [-0.05, 0) is 31.5 Å². The monoisotopic (exact) mass is 358 g/mol. The van der Waals surface area contributed by atoms with Gasteiger partial charge in [-0.1, -0.05) is 36.2 Å². The van der Waals surface area contributed by atoms with Gasteiger partial charge in [0, 0.05) is 17.6 Å². The zero-order valence-corrected chi connectivity index (χ0v) is 14.9. The van der Waals surface area contributed by atoms with Gasteiger partial charge in [-0.3, -0.25) is 4.79 Å². The highest BCUT2D eigenvalue weighted by molar-refractivity contribution is 6.30. The van der Waals surface area contributed by atoms with Crippen molar-refractivity contribution in [2.45, 2.75) is 33.2 Å². The largest absolute Gasteiger partial charge is 0.305 e. The fourth-order valence-electron chi connectivity index (χ4n) is 2.49. The van der Waals surface area contributed by atoms with E-state index in [-0.39, 0.29) is 11.6 Å². The van der Waals surface area contributed by atoms with Crippen LogP contribution in [-0.2, 0) is 6.54 Å². The van der Waals surface area contributed by atoms with Gasteiger partial charge in [0.05, 0.1) is 17.6 Å². The van der Waals surface area contributed by atoms with Crippen molar-refractivity contribution in [3.63, 3.8) is 0 Å². The number of unbranched alkanes of at least 4 members (excludes halogenated alkanes) is 1. The third-order valence-electron chi connectivity index (χ3n) is 3.84. The summed E-state index contributed by atoms with van der Waals surface area (Å²) in [6, 6.07) is 9.00. The van der Waals surface area contributed by atoms with Crippen LogP contribution in [0.3, 0.4) is 0 Å². The van der Waals surface area contributed by atoms with Gasteiger partial charge >= 0.3 is 0 Å². The van der Waals surface area contributed by atoms with Crippen molar-refractivity contribution in [1.82, 2.24) is 24.8 Å². The van der Waals surface area contributed by atoms with Crippen LogP contribution in [0.15, 0.2) is 36.5 Å². The van der Waals surface area contributed by atoms with E-state index in [1.807, 2.05) is 12.1 Å². The minimum atomic E-state index is -0.316. The molecule has 7 nitrogen and oxygen atoms in total. The Morgan fingerprint density at radius 2 is 2.16 bits per heavy atom. The third-order valence-corrected chi connectivity index (χ3v) is 4.08. The molecule has 0 saturated carbocycles. The van der Waals surface area contributed by atoms with E-state index in [0.29, 0.717) is 16.5 Å². The topological polar surface area (TPSA) is 77.6 Å². The number of aromatic nitrogens is 5. The van der Waals surface area contributed by atoms with Crippen LogP contribution in [0.1, 0.15) is 35.9 Å². The predicted molar refractivity (Wildman–Crippen MR) is 96.2 cm³/mol. The molecule has 1 amide bonds. The Balaban J connectivity index is 1.81. The van der Waals surface area contributed by atoms with Crippen molar-refractivity contribution in [2.75, 3.05) is 5.32 Å². The minimum absolute atomic E-state index is 0.267. The molecule has 8 heteroatoms. The smallest absolute Gasteiger partial charge is 0.279 e. The van der Waals surface area contributed by atoms with Gasteiger partial charge in [0.1, 0.15) is 5.82 Å². The Kier molecular flexibility index (Phi) is 5.14. The number of rotatable bonds is 6. The lowest BCUT2D eigenvalue weighted by Crippen LogP contribution is -2.17. The number of anilines is 1. The third kappa shape index (κ3) is 3.71. The second-order valence-corrected chi connectivity index (χ2v) is 6.10. The van der Waals surface area contributed by atoms with Crippen LogP contribution in [0.5, 0.6) is 0 Å². The summed E-state index contributed by atoms with van der Waals surface area (Å²) < 4.78 is 3.37. The summed E-state index contributed by atoms with van der Waals surface area (Å²) in [4.78, 5) is 12.6. The molecular weight excluding hydrogens is 340 g/mol. The molecule has 0 aliphatic rings. The summed E-state index contributed by atoms with van der Waals surface area (Å²) in [7, 11) is 0. The van der Waals surface area contributed by atoms with Crippen LogP contribution in [0.4, 0.5) is 5.82 Å². The lowest BCUT2D eigenvalue weighted by Gasteiger charge is -2.08. The lowest BCUT2D eigenvalue weighted by molar-refractivity contribution is 0.102. The lowest BCUT2D eigenvalue weighted by atomic mass is 10.3. The van der Waals surface area contributed by atoms with E-state index < -0.39 is 0 Å². The van der Waals surface area contributed by atoms with Crippen molar-refractivity contribution in [1.29, 1.82) is 0 Å². The molecule has 130 valence electrons. The highest BCUT2D eigenvalue weighted by Gasteiger charge is 2.18. The Bertz CT molecular complexity index is 885. The van der Waals surface area contributed by atoms with Gasteiger partial charge in [0.25, 0.3) is 5.91 Å². The molecule has 0 fully saturated rings. The number of carbonyl (C=O) groups is 1. The maximum Gasteiger partial charge on any atom is 0.279 e. The molecule has 0 unspecified atom stereocenters. The number of nitrogens with zero attached hydrogens (tertiary/aromatic N) is 5. The molecule has 1 aromatic carbocycles. The average molecular weight is 359 g/mol. The van der Waals surface area contributed by atoms with Crippen molar-refractivity contribution in [2.24, 2.45) is 0 Å². The summed E-state index contributed by atoms with van der Waals surface area (Å²) in [6.45, 7) is 4.66. The van der Waals surface area contributed by atoms with Crippen LogP contribution >= 0.6 is 11.6 Å². The first-order valence-electron chi connectivity index (χ1n) is 8.11. The van der Waals surface area contributed by atoms with Crippen LogP contribution < -0.4 is 5.32 Å². The van der Waals surface area contributed by atoms with Crippen LogP contribution in [-0.4, -0.2) is 30.7 Å². The quantitative estimate of drug-likeness (QED) is 0.731. The fraction of sp³-hybridized carbons (Fsp3) is 0.294. The Hall–Kier alpha value is -2.67. The number of hydrogen-bond acceptors (Lipinski definition) is 4. The van der Waals surface area contributed by atoms with Gasteiger partial charge in [0.2, 0.25) is 0 Å². The molecule has 1 N–H and O–H groups in total. The molecule has 2 aromatic heterocycles. The van der Waals surface area contributed by atoms with Crippen molar-refractivity contribution in [3.05, 3.63) is 52.9 Å². The molecule has 0 radical (unpaired) electrons. The number of carbonyl (C=O) groups excluding carboxylic acids is 1. The van der Waals surface area contributed by atoms with Gasteiger partial charge in [0.15, 0.2) is 5.69 Å². The molecular formula is C17H19ClN6O. The number of halogens is 1. The fourth-order valence-corrected chi connectivity index (χ4v) is 2.68. The van der Waals surface area contributed by atoms with E-state index in [2.05, 4.69) is 27.7 Å². The molecule has 3 rings (SSSR count). The van der Waals surface area contributed by atoms with E-state index >= 15 is 0 Å². The Morgan fingerprint density at radius 3 is 2.92 bits per heavy atom. The van der Waals surface area contributed by atoms with Gasteiger partial charge in [-0.15, -0.1) is 5.10 Å². The van der Waals surface area contributed by atoms with E-state index in [1.54, 1.807) is 40.7 Å². The van der Waals surface area contributed by atoms with Crippen LogP contribution in [0, 0.1) is 6.92 Å². The molecule has 0 aliphatic heterocycles. The van der Waals surface area contributed by atoms with Crippen LogP contribution in [0.2, 0.25) is 5.02 Å². The highest BCUT2D eigenvalue weighted by Crippen LogP contribution is 2.17. The Labute approximate surface area is 150 Å². The Morgan fingerprint density at radius 1 is 1.32 bits per heavy atom. The molecule has 0 atom stereocenters. The first kappa shape index (κ1) is 17.2. The summed E-state index contributed by atoms with van der Waals surface area (Å²) >= 11 is 6.02. The summed E-state index contributed by atoms with van der Waals surface area (Å²) in [5.74, 6) is 0.333. The number of amides is 1. The number of aryl methyl sites for hydroxylation is 1. The molecule has 25 heavy (non-hydrogen) atoms. The first-order valence-corrected chi connectivity index (χ1v) is 8.49. The van der Waals surface area contributed by atoms with Crippen LogP contribution in [0.25, 0.3) is 5.69 Å². The number of nitrogens with one attached hydrogen (secondary N) is 1. The SMILES string of the molecule is CCCCn1nccc1NC(=O)c1nnn(-c2cccc(Cl)c2)c1C.